The zero-order valence-corrected chi connectivity index (χ0v) is 9.91. The summed E-state index contributed by atoms with van der Waals surface area (Å²) in [6.07, 6.45) is 2.23. The van der Waals surface area contributed by atoms with Crippen molar-refractivity contribution in [3.63, 3.8) is 0 Å². The highest BCUT2D eigenvalue weighted by molar-refractivity contribution is 7.84. The first-order chi connectivity index (χ1) is 6.93. The average Bonchev–Trinajstić information content (AvgIpc) is 2.27. The first-order valence-corrected chi connectivity index (χ1v) is 6.41. The molecule has 0 aliphatic carbocycles. The highest BCUT2D eigenvalue weighted by Crippen LogP contribution is 2.17. The molecule has 0 aromatic heterocycles. The predicted octanol–water partition coefficient (Wildman–Crippen LogP) is 0.0240. The van der Waals surface area contributed by atoms with Crippen LogP contribution in [0.5, 0.6) is 0 Å². The van der Waals surface area contributed by atoms with Crippen LogP contribution in [-0.4, -0.2) is 43.8 Å². The fourth-order valence-corrected chi connectivity index (χ4v) is 1.57. The molecular formula is C5H10F2N2O5S2. The van der Waals surface area contributed by atoms with Crippen LogP contribution in [0.15, 0.2) is 12.4 Å². The third-order valence-corrected chi connectivity index (χ3v) is 2.59. The molecule has 0 saturated heterocycles. The van der Waals surface area contributed by atoms with E-state index in [-0.39, 0.29) is 0 Å². The van der Waals surface area contributed by atoms with Crippen molar-refractivity contribution < 1.29 is 29.2 Å². The summed E-state index contributed by atoms with van der Waals surface area (Å²) < 4.78 is 67.8. The molecule has 0 spiro atoms. The van der Waals surface area contributed by atoms with Gasteiger partial charge < -0.3 is 4.90 Å². The second-order valence-corrected chi connectivity index (χ2v) is 4.85. The van der Waals surface area contributed by atoms with Gasteiger partial charge >= 0.3 is 20.9 Å². The summed E-state index contributed by atoms with van der Waals surface area (Å²) in [6.45, 7) is 1.59. The summed E-state index contributed by atoms with van der Waals surface area (Å²) in [5, 5.41) is 0. The highest BCUT2D eigenvalue weighted by Gasteiger charge is 2.28. The molecule has 0 saturated carbocycles. The van der Waals surface area contributed by atoms with Gasteiger partial charge in [-0.3, -0.25) is 4.55 Å². The molecule has 11 heteroatoms. The van der Waals surface area contributed by atoms with Crippen LogP contribution in [0.25, 0.3) is 0 Å². The van der Waals surface area contributed by atoms with Gasteiger partial charge in [0.05, 0.1) is 0 Å². The number of rotatable bonds is 1. The lowest BCUT2D eigenvalue weighted by Crippen LogP contribution is -2.35. The van der Waals surface area contributed by atoms with Gasteiger partial charge in [-0.2, -0.15) is 16.8 Å². The lowest BCUT2D eigenvalue weighted by Gasteiger charge is -2.22. The van der Waals surface area contributed by atoms with Crippen molar-refractivity contribution in [3.05, 3.63) is 12.4 Å². The Kier molecular flexibility index (Phi) is 4.64. The number of hydrogen-bond donors (Lipinski definition) is 1. The number of nitrogens with zero attached hydrogens (tertiary/aromatic N) is 2. The number of halogens is 2. The van der Waals surface area contributed by atoms with E-state index in [4.69, 9.17) is 13.0 Å². The van der Waals surface area contributed by atoms with Crippen molar-refractivity contribution in [1.29, 1.82) is 0 Å². The Morgan fingerprint density at radius 3 is 1.69 bits per heavy atom. The van der Waals surface area contributed by atoms with Crippen molar-refractivity contribution in [2.24, 2.45) is 0 Å². The molecule has 1 N–H and O–H groups in total. The van der Waals surface area contributed by atoms with Gasteiger partial charge in [0.1, 0.15) is 6.17 Å². The minimum atomic E-state index is -5.17. The molecule has 1 aliphatic heterocycles. The molecule has 1 heterocycles. The molecule has 16 heavy (non-hydrogen) atoms. The average molecular weight is 280 g/mol. The van der Waals surface area contributed by atoms with Crippen molar-refractivity contribution in [2.75, 3.05) is 7.05 Å². The first-order valence-electron chi connectivity index (χ1n) is 3.73. The molecule has 0 aromatic rings. The maximum absolute atomic E-state index is 12.3. The maximum Gasteiger partial charge on any atom is 0.435 e. The van der Waals surface area contributed by atoms with Crippen LogP contribution in [0.1, 0.15) is 6.92 Å². The van der Waals surface area contributed by atoms with Crippen LogP contribution in [0.2, 0.25) is 0 Å². The molecule has 0 bridgehead atoms. The minimum absolute atomic E-state index is 0.468. The summed E-state index contributed by atoms with van der Waals surface area (Å²) in [7, 11) is -8.07. The molecule has 1 atom stereocenters. The summed E-state index contributed by atoms with van der Waals surface area (Å²) >= 11 is 0. The smallest absolute Gasteiger partial charge is 0.358 e. The van der Waals surface area contributed by atoms with E-state index in [1.54, 1.807) is 18.9 Å². The van der Waals surface area contributed by atoms with Gasteiger partial charge in [-0.05, 0) is 6.92 Å². The van der Waals surface area contributed by atoms with Crippen LogP contribution in [-0.2, 0) is 20.9 Å². The SMILES string of the molecule is CC1N(C)C=CN1S(=O)(=O)F.O=S(=O)(O)F. The standard InChI is InChI=1S/C5H9FN2O2S.FHO3S/c1-5-7(2)3-4-8(5)11(6,9)10;1-5(2,3)4/h3-5H,1-2H3;(H,2,3,4). The van der Waals surface area contributed by atoms with Crippen molar-refractivity contribution in [2.45, 2.75) is 13.1 Å². The summed E-state index contributed by atoms with van der Waals surface area (Å²) in [5.41, 5.74) is 0. The quantitative estimate of drug-likeness (QED) is 0.537. The summed E-state index contributed by atoms with van der Waals surface area (Å²) in [5.74, 6) is 0. The summed E-state index contributed by atoms with van der Waals surface area (Å²) in [4.78, 5) is 1.59. The third-order valence-electron chi connectivity index (χ3n) is 1.66. The van der Waals surface area contributed by atoms with Crippen LogP contribution < -0.4 is 0 Å². The topological polar surface area (TPSA) is 95.0 Å². The van der Waals surface area contributed by atoms with E-state index < -0.39 is 27.1 Å². The van der Waals surface area contributed by atoms with Gasteiger partial charge in [-0.1, -0.05) is 7.77 Å². The Bertz CT molecular complexity index is 451. The van der Waals surface area contributed by atoms with Crippen molar-refractivity contribution >= 4 is 20.9 Å². The molecule has 0 radical (unpaired) electrons. The zero-order chi connectivity index (χ0) is 13.1. The minimum Gasteiger partial charge on any atom is -0.358 e. The Morgan fingerprint density at radius 2 is 1.56 bits per heavy atom. The van der Waals surface area contributed by atoms with E-state index in [0.29, 0.717) is 4.31 Å². The molecular weight excluding hydrogens is 270 g/mol. The molecule has 0 fully saturated rings. The largest absolute Gasteiger partial charge is 0.435 e. The molecule has 1 unspecified atom stereocenters. The Morgan fingerprint density at radius 1 is 1.19 bits per heavy atom. The second kappa shape index (κ2) is 4.93. The highest BCUT2D eigenvalue weighted by atomic mass is 32.3. The Labute approximate surface area is 92.3 Å². The predicted molar refractivity (Wildman–Crippen MR) is 50.9 cm³/mol. The van der Waals surface area contributed by atoms with E-state index in [0.717, 1.165) is 0 Å². The van der Waals surface area contributed by atoms with Crippen LogP contribution in [0.3, 0.4) is 0 Å². The molecule has 0 aromatic carbocycles. The monoisotopic (exact) mass is 280 g/mol. The lowest BCUT2D eigenvalue weighted by molar-refractivity contribution is 0.265. The van der Waals surface area contributed by atoms with Crippen molar-refractivity contribution in [3.8, 4) is 0 Å². The van der Waals surface area contributed by atoms with Crippen LogP contribution in [0, 0.1) is 0 Å². The van der Waals surface area contributed by atoms with Gasteiger partial charge in [-0.15, -0.1) is 0 Å². The molecule has 1 aliphatic rings. The fourth-order valence-electron chi connectivity index (χ4n) is 0.854. The number of hydrogen-bond acceptors (Lipinski definition) is 5. The van der Waals surface area contributed by atoms with Gasteiger partial charge in [-0.25, -0.2) is 4.31 Å². The lowest BCUT2D eigenvalue weighted by atomic mass is 10.6. The van der Waals surface area contributed by atoms with Crippen molar-refractivity contribution in [1.82, 2.24) is 9.21 Å². The second-order valence-electron chi connectivity index (χ2n) is 2.78. The van der Waals surface area contributed by atoms with Gasteiger partial charge in [0.15, 0.2) is 0 Å². The normalized spacial score (nSPS) is 20.7. The first kappa shape index (κ1) is 15.1. The van der Waals surface area contributed by atoms with Gasteiger partial charge in [0, 0.05) is 19.4 Å². The maximum atomic E-state index is 12.3. The fraction of sp³-hybridized carbons (Fsp3) is 0.600. The summed E-state index contributed by atoms with van der Waals surface area (Å²) in [6, 6.07) is 0. The van der Waals surface area contributed by atoms with Crippen LogP contribution >= 0.6 is 0 Å². The van der Waals surface area contributed by atoms with E-state index in [1.807, 2.05) is 0 Å². The Hall–Kier alpha value is -0.940. The third kappa shape index (κ3) is 5.82. The molecule has 1 rings (SSSR count). The van der Waals surface area contributed by atoms with Crippen LogP contribution in [0.4, 0.5) is 7.77 Å². The molecule has 96 valence electrons. The van der Waals surface area contributed by atoms with Gasteiger partial charge in [0.2, 0.25) is 0 Å². The molecule has 7 nitrogen and oxygen atoms in total. The zero-order valence-electron chi connectivity index (χ0n) is 8.28. The van der Waals surface area contributed by atoms with E-state index in [2.05, 4.69) is 0 Å². The van der Waals surface area contributed by atoms with E-state index in [1.165, 1.54) is 12.4 Å². The molecule has 0 amide bonds. The van der Waals surface area contributed by atoms with E-state index >= 15 is 0 Å². The van der Waals surface area contributed by atoms with E-state index in [9.17, 15) is 16.2 Å². The Balaban J connectivity index is 0.000000385. The van der Waals surface area contributed by atoms with Gasteiger partial charge in [0.25, 0.3) is 0 Å².